The zero-order valence-electron chi connectivity index (χ0n) is 20.2. The molecule has 1 aromatic heterocycles. The first kappa shape index (κ1) is 27.7. The van der Waals surface area contributed by atoms with E-state index >= 15 is 0 Å². The zero-order valence-corrected chi connectivity index (χ0v) is 24.1. The van der Waals surface area contributed by atoms with Crippen LogP contribution in [0.5, 0.6) is 11.5 Å². The summed E-state index contributed by atoms with van der Waals surface area (Å²) in [5.41, 5.74) is 2.89. The molecule has 4 rings (SSSR count). The molecule has 4 aromatic rings. The molecule has 0 fully saturated rings. The van der Waals surface area contributed by atoms with Crippen molar-refractivity contribution in [2.75, 3.05) is 18.9 Å². The minimum Gasteiger partial charge on any atom is -0.490 e. The van der Waals surface area contributed by atoms with E-state index in [0.717, 1.165) is 45.2 Å². The highest BCUT2D eigenvalue weighted by Crippen LogP contribution is 2.35. The summed E-state index contributed by atoms with van der Waals surface area (Å²) in [5.74, 6) is 2.23. The summed E-state index contributed by atoms with van der Waals surface area (Å²) in [7, 11) is 0. The van der Waals surface area contributed by atoms with Crippen molar-refractivity contribution in [1.82, 2.24) is 25.5 Å². The summed E-state index contributed by atoms with van der Waals surface area (Å²) in [6, 6.07) is 19.2. The number of ether oxygens (including phenoxy) is 2. The van der Waals surface area contributed by atoms with Crippen LogP contribution in [-0.2, 0) is 13.2 Å². The van der Waals surface area contributed by atoms with Crippen molar-refractivity contribution < 1.29 is 9.47 Å². The summed E-state index contributed by atoms with van der Waals surface area (Å²) in [6.45, 7) is 4.34. The second-order valence-electron chi connectivity index (χ2n) is 7.94. The van der Waals surface area contributed by atoms with E-state index in [-0.39, 0.29) is 0 Å². The fourth-order valence-electron chi connectivity index (χ4n) is 3.47. The predicted octanol–water partition coefficient (Wildman–Crippen LogP) is 6.98. The Labute approximate surface area is 239 Å². The van der Waals surface area contributed by atoms with Crippen LogP contribution in [0.25, 0.3) is 5.69 Å². The number of tetrazole rings is 1. The highest BCUT2D eigenvalue weighted by Gasteiger charge is 2.13. The van der Waals surface area contributed by atoms with Gasteiger partial charge in [0.25, 0.3) is 0 Å². The number of rotatable bonds is 13. The average molecular weight is 623 g/mol. The predicted molar refractivity (Wildman–Crippen MR) is 152 cm³/mol. The molecular weight excluding hydrogens is 597 g/mol. The Balaban J connectivity index is 1.28. The molecule has 0 radical (unpaired) electrons. The molecule has 0 saturated carbocycles. The average Bonchev–Trinajstić information content (AvgIpc) is 3.37. The van der Waals surface area contributed by atoms with Gasteiger partial charge in [0.1, 0.15) is 6.61 Å². The first-order chi connectivity index (χ1) is 18.0. The van der Waals surface area contributed by atoms with Crippen molar-refractivity contribution in [3.63, 3.8) is 0 Å². The van der Waals surface area contributed by atoms with E-state index in [1.165, 1.54) is 0 Å². The van der Waals surface area contributed by atoms with Crippen molar-refractivity contribution in [3.05, 3.63) is 86.3 Å². The number of aromatic nitrogens is 4. The minimum absolute atomic E-state index is 0.311. The maximum atomic E-state index is 6.29. The topological polar surface area (TPSA) is 74.1 Å². The molecule has 7 nitrogen and oxygen atoms in total. The number of nitrogens with one attached hydrogen (secondary N) is 1. The molecule has 0 bridgehead atoms. The molecule has 1 heterocycles. The Bertz CT molecular complexity index is 1310. The number of benzene rings is 3. The molecule has 194 valence electrons. The summed E-state index contributed by atoms with van der Waals surface area (Å²) < 4.78 is 14.6. The highest BCUT2D eigenvalue weighted by atomic mass is 79.9. The first-order valence-corrected chi connectivity index (χ1v) is 14.3. The smallest absolute Gasteiger partial charge is 0.214 e. The normalized spacial score (nSPS) is 11.0. The van der Waals surface area contributed by atoms with Gasteiger partial charge in [-0.05, 0) is 72.3 Å². The standard InChI is InChI=1S/C26H26BrCl2N5O2S/c1-2-35-24-13-19(22(27)15-25(24)36-17-18-9-10-20(28)14-23(18)29)16-30-11-6-12-37-26-31-32-33-34(26)21-7-4-3-5-8-21/h3-5,7-10,13-15,30H,2,6,11-12,16-17H2,1H3. The van der Waals surface area contributed by atoms with E-state index in [4.69, 9.17) is 32.7 Å². The Morgan fingerprint density at radius 2 is 1.81 bits per heavy atom. The van der Waals surface area contributed by atoms with Crippen LogP contribution in [-0.4, -0.2) is 39.1 Å². The van der Waals surface area contributed by atoms with Gasteiger partial charge in [0.15, 0.2) is 11.5 Å². The zero-order chi connectivity index (χ0) is 26.0. The molecule has 1 N–H and O–H groups in total. The molecule has 0 aliphatic carbocycles. The van der Waals surface area contributed by atoms with Gasteiger partial charge in [0.05, 0.1) is 12.3 Å². The van der Waals surface area contributed by atoms with Crippen LogP contribution in [0.15, 0.2) is 70.3 Å². The quantitative estimate of drug-likeness (QED) is 0.127. The summed E-state index contributed by atoms with van der Waals surface area (Å²) in [6.07, 6.45) is 0.964. The van der Waals surface area contributed by atoms with Gasteiger partial charge >= 0.3 is 0 Å². The second-order valence-corrected chi connectivity index (χ2v) is 10.7. The summed E-state index contributed by atoms with van der Waals surface area (Å²) in [5, 5.41) is 17.5. The Morgan fingerprint density at radius 3 is 2.59 bits per heavy atom. The van der Waals surface area contributed by atoms with E-state index in [0.29, 0.717) is 41.3 Å². The number of hydrogen-bond acceptors (Lipinski definition) is 7. The van der Waals surface area contributed by atoms with E-state index < -0.39 is 0 Å². The third-order valence-corrected chi connectivity index (χ3v) is 7.63. The van der Waals surface area contributed by atoms with Crippen LogP contribution in [0.2, 0.25) is 10.0 Å². The maximum absolute atomic E-state index is 6.29. The number of para-hydroxylation sites is 1. The maximum Gasteiger partial charge on any atom is 0.214 e. The lowest BCUT2D eigenvalue weighted by Gasteiger charge is -2.16. The molecule has 11 heteroatoms. The van der Waals surface area contributed by atoms with Gasteiger partial charge in [-0.1, -0.05) is 75.2 Å². The monoisotopic (exact) mass is 621 g/mol. The van der Waals surface area contributed by atoms with Gasteiger partial charge in [-0.25, -0.2) is 0 Å². The van der Waals surface area contributed by atoms with Crippen molar-refractivity contribution in [2.45, 2.75) is 31.7 Å². The third kappa shape index (κ3) is 7.85. The SMILES string of the molecule is CCOc1cc(CNCCCSc2nnnn2-c2ccccc2)c(Br)cc1OCc1ccc(Cl)cc1Cl. The number of nitrogens with zero attached hydrogens (tertiary/aromatic N) is 4. The Morgan fingerprint density at radius 1 is 1.00 bits per heavy atom. The van der Waals surface area contributed by atoms with Crippen molar-refractivity contribution in [2.24, 2.45) is 0 Å². The molecule has 0 aliphatic rings. The summed E-state index contributed by atoms with van der Waals surface area (Å²) >= 11 is 17.6. The molecule has 0 unspecified atom stereocenters. The van der Waals surface area contributed by atoms with Crippen LogP contribution in [0, 0.1) is 0 Å². The fourth-order valence-corrected chi connectivity index (χ4v) is 5.23. The molecule has 37 heavy (non-hydrogen) atoms. The first-order valence-electron chi connectivity index (χ1n) is 11.7. The van der Waals surface area contributed by atoms with Crippen LogP contribution in [0.1, 0.15) is 24.5 Å². The van der Waals surface area contributed by atoms with Crippen LogP contribution in [0.3, 0.4) is 0 Å². The number of halogens is 3. The largest absolute Gasteiger partial charge is 0.490 e. The second kappa shape index (κ2) is 14.0. The Kier molecular flexibility index (Phi) is 10.5. The lowest BCUT2D eigenvalue weighted by Crippen LogP contribution is -2.16. The minimum atomic E-state index is 0.311. The molecule has 0 saturated heterocycles. The molecule has 0 aliphatic heterocycles. The van der Waals surface area contributed by atoms with E-state index in [1.54, 1.807) is 28.6 Å². The van der Waals surface area contributed by atoms with Gasteiger partial charge in [0.2, 0.25) is 5.16 Å². The van der Waals surface area contributed by atoms with Crippen LogP contribution < -0.4 is 14.8 Å². The lowest BCUT2D eigenvalue weighted by molar-refractivity contribution is 0.269. The molecular formula is C26H26BrCl2N5O2S. The van der Waals surface area contributed by atoms with Gasteiger partial charge < -0.3 is 14.8 Å². The van der Waals surface area contributed by atoms with Crippen LogP contribution >= 0.6 is 50.9 Å². The third-order valence-electron chi connectivity index (χ3n) is 5.30. The van der Waals surface area contributed by atoms with Crippen LogP contribution in [0.4, 0.5) is 0 Å². The molecule has 0 spiro atoms. The van der Waals surface area contributed by atoms with Gasteiger partial charge in [0, 0.05) is 32.4 Å². The van der Waals surface area contributed by atoms with Gasteiger partial charge in [-0.15, -0.1) is 5.10 Å². The molecule has 0 atom stereocenters. The van der Waals surface area contributed by atoms with Crippen molar-refractivity contribution in [1.29, 1.82) is 0 Å². The number of thioether (sulfide) groups is 1. The molecule has 3 aromatic carbocycles. The fraction of sp³-hybridized carbons (Fsp3) is 0.269. The number of hydrogen-bond donors (Lipinski definition) is 1. The van der Waals surface area contributed by atoms with Crippen molar-refractivity contribution >= 4 is 50.9 Å². The van der Waals surface area contributed by atoms with Crippen molar-refractivity contribution in [3.8, 4) is 17.2 Å². The van der Waals surface area contributed by atoms with E-state index in [1.807, 2.05) is 55.5 Å². The highest BCUT2D eigenvalue weighted by molar-refractivity contribution is 9.10. The summed E-state index contributed by atoms with van der Waals surface area (Å²) in [4.78, 5) is 0. The molecule has 0 amide bonds. The van der Waals surface area contributed by atoms with Gasteiger partial charge in [-0.3, -0.25) is 0 Å². The Hall–Kier alpha value is -2.30. The van der Waals surface area contributed by atoms with E-state index in [9.17, 15) is 0 Å². The van der Waals surface area contributed by atoms with Gasteiger partial charge in [-0.2, -0.15) is 4.68 Å². The lowest BCUT2D eigenvalue weighted by atomic mass is 10.2. The van der Waals surface area contributed by atoms with E-state index in [2.05, 4.69) is 36.8 Å².